The van der Waals surface area contributed by atoms with Crippen molar-refractivity contribution in [2.24, 2.45) is 0 Å². The molecular formula is C42H33N8Ru. The fourth-order valence-electron chi connectivity index (χ4n) is 6.47. The summed E-state index contributed by atoms with van der Waals surface area (Å²) in [7, 11) is 0. The predicted molar refractivity (Wildman–Crippen MR) is 203 cm³/mol. The van der Waals surface area contributed by atoms with Crippen LogP contribution in [-0.4, -0.2) is 34.9 Å². The van der Waals surface area contributed by atoms with Gasteiger partial charge >= 0.3 is 19.5 Å². The first-order valence-corrected chi connectivity index (χ1v) is 16.5. The molecule has 0 unspecified atom stereocenters. The summed E-state index contributed by atoms with van der Waals surface area (Å²) in [5.74, 6) is 1.36. The second-order valence-electron chi connectivity index (χ2n) is 12.2. The molecule has 0 fully saturated rings. The molecule has 0 aliphatic rings. The molecule has 4 aromatic carbocycles. The maximum absolute atomic E-state index is 4.50. The van der Waals surface area contributed by atoms with Gasteiger partial charge in [0.15, 0.2) is 0 Å². The van der Waals surface area contributed by atoms with E-state index in [0.29, 0.717) is 11.6 Å². The number of rotatable bonds is 1. The Bertz CT molecular complexity index is 2460. The second-order valence-corrected chi connectivity index (χ2v) is 12.2. The Morgan fingerprint density at radius 3 is 1.29 bits per heavy atom. The molecule has 10 rings (SSSR count). The molecule has 0 aliphatic heterocycles. The average molecular weight is 751 g/mol. The number of fused-ring (bicyclic) bond motifs is 8. The molecule has 0 saturated heterocycles. The van der Waals surface area contributed by atoms with Gasteiger partial charge in [-0.2, -0.15) is 0 Å². The molecule has 6 aromatic heterocycles. The number of para-hydroxylation sites is 4. The van der Waals surface area contributed by atoms with Crippen LogP contribution in [0, 0.1) is 27.7 Å². The summed E-state index contributed by atoms with van der Waals surface area (Å²) in [4.78, 5) is 34.5. The monoisotopic (exact) mass is 751 g/mol. The van der Waals surface area contributed by atoms with Crippen LogP contribution in [0.25, 0.3) is 77.3 Å². The molecule has 0 amide bonds. The normalized spacial score (nSPS) is 11.0. The van der Waals surface area contributed by atoms with E-state index in [1.807, 2.05) is 97.6 Å². The maximum Gasteiger partial charge on any atom is 1.00 e. The van der Waals surface area contributed by atoms with E-state index in [9.17, 15) is 0 Å². The predicted octanol–water partition coefficient (Wildman–Crippen LogP) is 9.53. The molecule has 51 heavy (non-hydrogen) atoms. The summed E-state index contributed by atoms with van der Waals surface area (Å²) in [6.45, 7) is 8.58. The molecule has 9 heteroatoms. The van der Waals surface area contributed by atoms with Crippen molar-refractivity contribution in [2.75, 3.05) is 0 Å². The van der Waals surface area contributed by atoms with Crippen molar-refractivity contribution < 1.29 is 19.5 Å². The van der Waals surface area contributed by atoms with Crippen molar-refractivity contribution in [1.29, 1.82) is 0 Å². The van der Waals surface area contributed by atoms with Gasteiger partial charge in [0.2, 0.25) is 0 Å². The minimum Gasteiger partial charge on any atom is -0.433 e. The van der Waals surface area contributed by atoms with Gasteiger partial charge in [-0.1, -0.05) is 60.7 Å². The van der Waals surface area contributed by atoms with Crippen molar-refractivity contribution in [2.45, 2.75) is 27.7 Å². The number of aromatic nitrogens is 8. The Hall–Kier alpha value is -5.92. The molecule has 0 spiro atoms. The van der Waals surface area contributed by atoms with E-state index in [-0.39, 0.29) is 19.5 Å². The Morgan fingerprint density at radius 2 is 0.863 bits per heavy atom. The van der Waals surface area contributed by atoms with E-state index < -0.39 is 0 Å². The van der Waals surface area contributed by atoms with Gasteiger partial charge in [0.05, 0.1) is 33.1 Å². The second kappa shape index (κ2) is 14.1. The molecule has 1 radical (unpaired) electrons. The third kappa shape index (κ3) is 6.21. The summed E-state index contributed by atoms with van der Waals surface area (Å²) >= 11 is 0. The molecule has 1 N–H and O–H groups in total. The zero-order chi connectivity index (χ0) is 34.2. The number of nitrogens with zero attached hydrogens (tertiary/aromatic N) is 7. The van der Waals surface area contributed by atoms with Crippen molar-refractivity contribution in [3.8, 4) is 11.6 Å². The van der Waals surface area contributed by atoms with Crippen LogP contribution < -0.4 is 4.98 Å². The molecule has 0 aliphatic carbocycles. The van der Waals surface area contributed by atoms with Gasteiger partial charge in [-0.15, -0.1) is 0 Å². The van der Waals surface area contributed by atoms with E-state index in [1.165, 1.54) is 43.8 Å². The number of hydrogen-bond donors (Lipinski definition) is 1. The molecule has 0 saturated carbocycles. The number of nitrogens with one attached hydrogen (secondary N) is 1. The Balaban J connectivity index is 0.000000119. The quantitative estimate of drug-likeness (QED) is 0.132. The molecule has 8 nitrogen and oxygen atoms in total. The van der Waals surface area contributed by atoms with E-state index >= 15 is 0 Å². The minimum absolute atomic E-state index is 0. The van der Waals surface area contributed by atoms with Crippen LogP contribution in [0.15, 0.2) is 122 Å². The number of aromatic amines is 1. The van der Waals surface area contributed by atoms with Gasteiger partial charge in [-0.05, 0) is 103 Å². The Labute approximate surface area is 307 Å². The summed E-state index contributed by atoms with van der Waals surface area (Å²) in [5, 5.41) is 4.80. The van der Waals surface area contributed by atoms with E-state index in [2.05, 4.69) is 91.8 Å². The van der Waals surface area contributed by atoms with Gasteiger partial charge in [0, 0.05) is 46.3 Å². The Morgan fingerprint density at radius 1 is 0.451 bits per heavy atom. The smallest absolute Gasteiger partial charge is 0.433 e. The van der Waals surface area contributed by atoms with Crippen molar-refractivity contribution in [3.63, 3.8) is 0 Å². The van der Waals surface area contributed by atoms with Gasteiger partial charge in [0.1, 0.15) is 5.82 Å². The summed E-state index contributed by atoms with van der Waals surface area (Å²) in [5.41, 5.74) is 12.9. The zero-order valence-electron chi connectivity index (χ0n) is 28.5. The fourth-order valence-corrected chi connectivity index (χ4v) is 6.47. The molecule has 0 atom stereocenters. The summed E-state index contributed by atoms with van der Waals surface area (Å²) in [6, 6.07) is 32.1. The average Bonchev–Trinajstić information content (AvgIpc) is 3.82. The maximum atomic E-state index is 4.50. The van der Waals surface area contributed by atoms with Crippen LogP contribution in [0.1, 0.15) is 22.3 Å². The third-order valence-corrected chi connectivity index (χ3v) is 9.36. The number of H-pyrrole nitrogens is 1. The van der Waals surface area contributed by atoms with Crippen LogP contribution in [-0.2, 0) is 19.5 Å². The minimum atomic E-state index is 0. The van der Waals surface area contributed by atoms with Crippen LogP contribution >= 0.6 is 0 Å². The van der Waals surface area contributed by atoms with Gasteiger partial charge < -0.3 is 15.0 Å². The fraction of sp³-hybridized carbons (Fsp3) is 0.0952. The van der Waals surface area contributed by atoms with Crippen LogP contribution in [0.2, 0.25) is 0 Å². The first-order chi connectivity index (χ1) is 24.5. The number of pyridine rings is 4. The van der Waals surface area contributed by atoms with Crippen molar-refractivity contribution >= 4 is 65.7 Å². The van der Waals surface area contributed by atoms with Crippen molar-refractivity contribution in [3.05, 3.63) is 144 Å². The topological polar surface area (TPSA) is 107 Å². The molecule has 249 valence electrons. The van der Waals surface area contributed by atoms with Crippen LogP contribution in [0.5, 0.6) is 0 Å². The molecular weight excluding hydrogens is 718 g/mol. The van der Waals surface area contributed by atoms with E-state index in [0.717, 1.165) is 44.1 Å². The van der Waals surface area contributed by atoms with Crippen LogP contribution in [0.3, 0.4) is 0 Å². The van der Waals surface area contributed by atoms with Gasteiger partial charge in [-0.25, -0.2) is 4.98 Å². The van der Waals surface area contributed by atoms with Crippen LogP contribution in [0.4, 0.5) is 0 Å². The third-order valence-electron chi connectivity index (χ3n) is 9.36. The van der Waals surface area contributed by atoms with E-state index in [1.54, 1.807) is 0 Å². The molecule has 10 aromatic rings. The van der Waals surface area contributed by atoms with Gasteiger partial charge in [0.25, 0.3) is 0 Å². The first kappa shape index (κ1) is 33.6. The van der Waals surface area contributed by atoms with Crippen molar-refractivity contribution in [1.82, 2.24) is 39.9 Å². The zero-order valence-corrected chi connectivity index (χ0v) is 30.3. The number of aryl methyl sites for hydroxylation is 4. The summed E-state index contributed by atoms with van der Waals surface area (Å²) in [6.07, 6.45) is 7.30. The number of benzene rings is 4. The Kier molecular flexibility index (Phi) is 9.31. The van der Waals surface area contributed by atoms with E-state index in [4.69, 9.17) is 0 Å². The molecule has 0 bridgehead atoms. The SMILES string of the molecule is Cc1c(C)c2cccnc2c2ncccc12.Cc1c(C)c2cccnc2c2ncccc12.[Ru+].c1ccc2[n-]c(-c3nc4ccccc4[nH]3)nc2c1. The molecule has 6 heterocycles. The summed E-state index contributed by atoms with van der Waals surface area (Å²) < 4.78 is 0. The number of imidazole rings is 2. The standard InChI is InChI=1S/C14H9N4.2C14H12N2.Ru/c1-2-6-10-9(5-1)15-13(16-10)14-17-11-7-3-4-8-12(11)18-14;2*1-9-10(2)12-6-4-8-16-14(12)13-11(9)5-3-7-15-13;/h1-8H,(H-,15,16,17,18);2*3-8H,1-2H3;/q-1;;;+1. The largest absolute Gasteiger partial charge is 1.00 e. The first-order valence-electron chi connectivity index (χ1n) is 16.5. The number of hydrogen-bond acceptors (Lipinski definition) is 6. The van der Waals surface area contributed by atoms with Gasteiger partial charge in [-0.3, -0.25) is 19.9 Å².